The van der Waals surface area contributed by atoms with Crippen LogP contribution in [-0.2, 0) is 0 Å². The molecular weight excluding hydrogens is 288 g/mol. The first-order valence-electron chi connectivity index (χ1n) is 6.25. The van der Waals surface area contributed by atoms with Crippen molar-refractivity contribution in [3.63, 3.8) is 0 Å². The Morgan fingerprint density at radius 3 is 2.52 bits per heavy atom. The molecule has 0 atom stereocenters. The summed E-state index contributed by atoms with van der Waals surface area (Å²) >= 11 is 6.14. The number of benzene rings is 2. The molecule has 2 aromatic carbocycles. The van der Waals surface area contributed by atoms with E-state index in [1.807, 2.05) is 0 Å². The number of halogens is 1. The number of aromatic nitrogens is 1. The van der Waals surface area contributed by atoms with Crippen molar-refractivity contribution in [3.8, 4) is 11.3 Å². The number of aromatic carboxylic acids is 1. The van der Waals surface area contributed by atoms with Gasteiger partial charge in [0, 0.05) is 16.6 Å². The van der Waals surface area contributed by atoms with Crippen LogP contribution in [0.2, 0.25) is 5.02 Å². The second kappa shape index (κ2) is 5.07. The molecule has 0 unspecified atom stereocenters. The van der Waals surface area contributed by atoms with Gasteiger partial charge in [-0.15, -0.1) is 0 Å². The molecule has 0 spiro atoms. The normalized spacial score (nSPS) is 10.7. The summed E-state index contributed by atoms with van der Waals surface area (Å²) in [6, 6.07) is 13.7. The smallest absolute Gasteiger partial charge is 0.336 e. The van der Waals surface area contributed by atoms with Crippen molar-refractivity contribution in [2.75, 3.05) is 5.73 Å². The van der Waals surface area contributed by atoms with E-state index < -0.39 is 5.97 Å². The van der Waals surface area contributed by atoms with E-state index in [1.165, 1.54) is 0 Å². The maximum Gasteiger partial charge on any atom is 0.336 e. The Morgan fingerprint density at radius 2 is 1.86 bits per heavy atom. The zero-order valence-corrected chi connectivity index (χ0v) is 11.6. The summed E-state index contributed by atoms with van der Waals surface area (Å²) in [6.45, 7) is 0. The number of rotatable bonds is 2. The van der Waals surface area contributed by atoms with E-state index in [2.05, 4.69) is 4.98 Å². The quantitative estimate of drug-likeness (QED) is 0.705. The number of nitrogens with zero attached hydrogens (tertiary/aromatic N) is 1. The number of hydrogen-bond donors (Lipinski definition) is 2. The summed E-state index contributed by atoms with van der Waals surface area (Å²) in [5.74, 6) is -1.01. The van der Waals surface area contributed by atoms with Crippen LogP contribution in [-0.4, -0.2) is 16.1 Å². The fourth-order valence-electron chi connectivity index (χ4n) is 2.19. The fraction of sp³-hybridized carbons (Fsp3) is 0. The predicted molar refractivity (Wildman–Crippen MR) is 83.6 cm³/mol. The fourth-order valence-corrected chi connectivity index (χ4v) is 2.41. The van der Waals surface area contributed by atoms with Gasteiger partial charge in [-0.1, -0.05) is 35.9 Å². The van der Waals surface area contributed by atoms with E-state index in [9.17, 15) is 9.90 Å². The van der Waals surface area contributed by atoms with Crippen LogP contribution in [0.1, 0.15) is 10.4 Å². The first kappa shape index (κ1) is 13.4. The summed E-state index contributed by atoms with van der Waals surface area (Å²) in [7, 11) is 0. The molecule has 5 heteroatoms. The Labute approximate surface area is 125 Å². The van der Waals surface area contributed by atoms with Gasteiger partial charge in [-0.25, -0.2) is 9.78 Å². The molecule has 3 N–H and O–H groups in total. The van der Waals surface area contributed by atoms with E-state index in [-0.39, 0.29) is 5.56 Å². The van der Waals surface area contributed by atoms with E-state index >= 15 is 0 Å². The number of hydrogen-bond acceptors (Lipinski definition) is 3. The summed E-state index contributed by atoms with van der Waals surface area (Å²) in [5.41, 5.74) is 8.28. The number of nitrogen functional groups attached to an aromatic ring is 1. The van der Waals surface area contributed by atoms with E-state index in [4.69, 9.17) is 17.3 Å². The number of carboxylic acid groups (broad SMARTS) is 1. The average molecular weight is 299 g/mol. The monoisotopic (exact) mass is 298 g/mol. The van der Waals surface area contributed by atoms with Crippen LogP contribution in [0.15, 0.2) is 48.5 Å². The van der Waals surface area contributed by atoms with Gasteiger partial charge in [-0.2, -0.15) is 0 Å². The average Bonchev–Trinajstić information content (AvgIpc) is 2.47. The molecule has 0 aliphatic rings. The molecule has 3 rings (SSSR count). The summed E-state index contributed by atoms with van der Waals surface area (Å²) in [6.07, 6.45) is 0. The van der Waals surface area contributed by atoms with E-state index in [0.29, 0.717) is 27.3 Å². The first-order chi connectivity index (χ1) is 10.1. The van der Waals surface area contributed by atoms with Gasteiger partial charge in [0.1, 0.15) is 0 Å². The van der Waals surface area contributed by atoms with Crippen LogP contribution < -0.4 is 5.73 Å². The van der Waals surface area contributed by atoms with Gasteiger partial charge in [0.2, 0.25) is 0 Å². The highest BCUT2D eigenvalue weighted by molar-refractivity contribution is 6.35. The topological polar surface area (TPSA) is 76.2 Å². The highest BCUT2D eigenvalue weighted by Crippen LogP contribution is 2.29. The third-order valence-corrected chi connectivity index (χ3v) is 3.53. The molecule has 0 saturated carbocycles. The third kappa shape index (κ3) is 2.41. The zero-order chi connectivity index (χ0) is 15.0. The van der Waals surface area contributed by atoms with Crippen molar-refractivity contribution >= 4 is 34.2 Å². The molecule has 0 radical (unpaired) electrons. The lowest BCUT2D eigenvalue weighted by Gasteiger charge is -2.08. The molecule has 1 heterocycles. The van der Waals surface area contributed by atoms with Crippen molar-refractivity contribution in [1.29, 1.82) is 0 Å². The van der Waals surface area contributed by atoms with Crippen molar-refractivity contribution in [2.45, 2.75) is 0 Å². The molecule has 3 aromatic rings. The lowest BCUT2D eigenvalue weighted by atomic mass is 10.0. The first-order valence-corrected chi connectivity index (χ1v) is 6.62. The second-order valence-corrected chi connectivity index (χ2v) is 5.03. The van der Waals surface area contributed by atoms with Crippen molar-refractivity contribution in [3.05, 3.63) is 59.1 Å². The summed E-state index contributed by atoms with van der Waals surface area (Å²) < 4.78 is 0. The number of para-hydroxylation sites is 1. The van der Waals surface area contributed by atoms with Crippen molar-refractivity contribution in [1.82, 2.24) is 4.98 Å². The lowest BCUT2D eigenvalue weighted by Crippen LogP contribution is -2.00. The number of carboxylic acids is 1. The molecule has 104 valence electrons. The Morgan fingerprint density at radius 1 is 1.14 bits per heavy atom. The number of carbonyl (C=O) groups is 1. The Kier molecular flexibility index (Phi) is 3.23. The van der Waals surface area contributed by atoms with Gasteiger partial charge in [0.05, 0.1) is 21.8 Å². The van der Waals surface area contributed by atoms with Gasteiger partial charge < -0.3 is 10.8 Å². The molecule has 0 amide bonds. The second-order valence-electron chi connectivity index (χ2n) is 4.62. The largest absolute Gasteiger partial charge is 0.478 e. The Bertz CT molecular complexity index is 845. The number of pyridine rings is 1. The van der Waals surface area contributed by atoms with Gasteiger partial charge in [-0.3, -0.25) is 0 Å². The maximum absolute atomic E-state index is 11.5. The zero-order valence-electron chi connectivity index (χ0n) is 10.9. The molecule has 0 bridgehead atoms. The molecule has 0 saturated heterocycles. The van der Waals surface area contributed by atoms with Gasteiger partial charge in [0.15, 0.2) is 0 Å². The minimum Gasteiger partial charge on any atom is -0.478 e. The molecule has 1 aromatic heterocycles. The van der Waals surface area contributed by atoms with Crippen LogP contribution in [0.4, 0.5) is 5.69 Å². The molecule has 4 nitrogen and oxygen atoms in total. The van der Waals surface area contributed by atoms with Crippen LogP contribution in [0, 0.1) is 0 Å². The molecular formula is C16H11ClN2O2. The molecule has 0 aliphatic carbocycles. The van der Waals surface area contributed by atoms with Crippen molar-refractivity contribution in [2.24, 2.45) is 0 Å². The van der Waals surface area contributed by atoms with Crippen LogP contribution in [0.5, 0.6) is 0 Å². The summed E-state index contributed by atoms with van der Waals surface area (Å²) in [5, 5.41) is 10.3. The highest BCUT2D eigenvalue weighted by Gasteiger charge is 2.14. The van der Waals surface area contributed by atoms with E-state index in [0.717, 1.165) is 5.56 Å². The highest BCUT2D eigenvalue weighted by atomic mass is 35.5. The van der Waals surface area contributed by atoms with Gasteiger partial charge in [0.25, 0.3) is 0 Å². The number of nitrogens with two attached hydrogens (primary N) is 1. The predicted octanol–water partition coefficient (Wildman–Crippen LogP) is 3.84. The number of fused-ring (bicyclic) bond motifs is 1. The minimum atomic E-state index is -1.01. The number of anilines is 1. The lowest BCUT2D eigenvalue weighted by molar-refractivity contribution is 0.0699. The standard InChI is InChI=1S/C16H11ClN2O2/c17-13-3-1-2-11-12(16(20)21)8-14(19-15(11)13)9-4-6-10(18)7-5-9/h1-8H,18H2,(H,20,21). The van der Waals surface area contributed by atoms with E-state index in [1.54, 1.807) is 48.5 Å². The Hall–Kier alpha value is -2.59. The SMILES string of the molecule is Nc1ccc(-c2cc(C(=O)O)c3cccc(Cl)c3n2)cc1. The van der Waals surface area contributed by atoms with Crippen LogP contribution >= 0.6 is 11.6 Å². The maximum atomic E-state index is 11.5. The Balaban J connectivity index is 2.32. The minimum absolute atomic E-state index is 0.175. The van der Waals surface area contributed by atoms with Crippen molar-refractivity contribution < 1.29 is 9.90 Å². The molecule has 21 heavy (non-hydrogen) atoms. The third-order valence-electron chi connectivity index (χ3n) is 3.23. The molecule has 0 fully saturated rings. The molecule has 0 aliphatic heterocycles. The van der Waals surface area contributed by atoms with Gasteiger partial charge >= 0.3 is 5.97 Å². The van der Waals surface area contributed by atoms with Crippen LogP contribution in [0.25, 0.3) is 22.2 Å². The van der Waals surface area contributed by atoms with Gasteiger partial charge in [-0.05, 0) is 24.3 Å². The van der Waals surface area contributed by atoms with Crippen LogP contribution in [0.3, 0.4) is 0 Å². The summed E-state index contributed by atoms with van der Waals surface area (Å²) in [4.78, 5) is 16.0.